The summed E-state index contributed by atoms with van der Waals surface area (Å²) in [5.74, 6) is 3.16. The molecule has 0 spiro atoms. The van der Waals surface area contributed by atoms with Crippen molar-refractivity contribution in [2.24, 2.45) is 23.7 Å². The summed E-state index contributed by atoms with van der Waals surface area (Å²) in [5, 5.41) is 0. The lowest BCUT2D eigenvalue weighted by Crippen LogP contribution is -2.18. The Morgan fingerprint density at radius 2 is 2.09 bits per heavy atom. The second-order valence-corrected chi connectivity index (χ2v) is 4.14. The Bertz CT molecular complexity index is 241. The first kappa shape index (κ1) is 5.99. The van der Waals surface area contributed by atoms with Gasteiger partial charge in [-0.25, -0.2) is 0 Å². The Kier molecular flexibility index (Phi) is 0.961. The normalized spacial score (nSPS) is 52.2. The molecule has 3 rings (SSSR count). The Morgan fingerprint density at radius 1 is 1.27 bits per heavy atom. The lowest BCUT2D eigenvalue weighted by molar-refractivity contribution is -0.121. The maximum Gasteiger partial charge on any atom is 0.136 e. The van der Waals surface area contributed by atoms with Crippen molar-refractivity contribution in [3.8, 4) is 0 Å². The van der Waals surface area contributed by atoms with Crippen LogP contribution in [0, 0.1) is 23.7 Å². The number of carbonyl (C=O) groups is 1. The van der Waals surface area contributed by atoms with E-state index in [0.29, 0.717) is 17.6 Å². The van der Waals surface area contributed by atoms with Gasteiger partial charge in [0.15, 0.2) is 0 Å². The molecule has 11 heavy (non-hydrogen) atoms. The number of fused-ring (bicyclic) bond motifs is 5. The van der Waals surface area contributed by atoms with Crippen molar-refractivity contribution in [2.75, 3.05) is 0 Å². The largest absolute Gasteiger partial charge is 0.299 e. The molecule has 0 amide bonds. The number of rotatable bonds is 0. The highest BCUT2D eigenvalue weighted by molar-refractivity contribution is 5.84. The quantitative estimate of drug-likeness (QED) is 0.479. The predicted molar refractivity (Wildman–Crippen MR) is 42.0 cm³/mol. The molecule has 0 heterocycles. The Balaban J connectivity index is 2.03. The molecule has 58 valence electrons. The zero-order chi connectivity index (χ0) is 7.42. The van der Waals surface area contributed by atoms with E-state index in [4.69, 9.17) is 0 Å². The molecule has 2 bridgehead atoms. The maximum atomic E-state index is 11.4. The highest BCUT2D eigenvalue weighted by Crippen LogP contribution is 2.53. The van der Waals surface area contributed by atoms with E-state index in [1.54, 1.807) is 0 Å². The summed E-state index contributed by atoms with van der Waals surface area (Å²) in [6, 6.07) is 0. The zero-order valence-corrected chi connectivity index (χ0v) is 6.49. The van der Waals surface area contributed by atoms with Crippen LogP contribution in [-0.2, 0) is 4.79 Å². The fourth-order valence-electron chi connectivity index (χ4n) is 3.27. The van der Waals surface area contributed by atoms with E-state index in [0.717, 1.165) is 18.3 Å². The van der Waals surface area contributed by atoms with Crippen LogP contribution in [-0.4, -0.2) is 5.78 Å². The van der Waals surface area contributed by atoms with Crippen molar-refractivity contribution in [3.63, 3.8) is 0 Å². The number of ketones is 1. The monoisotopic (exact) mass is 148 g/mol. The van der Waals surface area contributed by atoms with Crippen molar-refractivity contribution in [3.05, 3.63) is 12.2 Å². The summed E-state index contributed by atoms with van der Waals surface area (Å²) in [6.45, 7) is 0. The fourth-order valence-corrected chi connectivity index (χ4v) is 3.27. The van der Waals surface area contributed by atoms with E-state index < -0.39 is 0 Å². The molecular weight excluding hydrogens is 136 g/mol. The summed E-state index contributed by atoms with van der Waals surface area (Å²) >= 11 is 0. The third kappa shape index (κ3) is 0.597. The molecule has 0 N–H and O–H groups in total. The first-order chi connectivity index (χ1) is 5.36. The summed E-state index contributed by atoms with van der Waals surface area (Å²) in [6.07, 6.45) is 7.93. The highest BCUT2D eigenvalue weighted by Gasteiger charge is 2.50. The van der Waals surface area contributed by atoms with Gasteiger partial charge in [-0.3, -0.25) is 4.79 Å². The van der Waals surface area contributed by atoms with Gasteiger partial charge in [0.05, 0.1) is 0 Å². The van der Waals surface area contributed by atoms with Gasteiger partial charge in [-0.2, -0.15) is 0 Å². The lowest BCUT2D eigenvalue weighted by Gasteiger charge is -2.17. The van der Waals surface area contributed by atoms with Gasteiger partial charge in [0.25, 0.3) is 0 Å². The third-order valence-electron chi connectivity index (χ3n) is 3.72. The van der Waals surface area contributed by atoms with E-state index in [-0.39, 0.29) is 0 Å². The van der Waals surface area contributed by atoms with Gasteiger partial charge in [0, 0.05) is 12.3 Å². The van der Waals surface area contributed by atoms with Crippen molar-refractivity contribution >= 4 is 5.78 Å². The minimum absolute atomic E-state index is 0.449. The van der Waals surface area contributed by atoms with Crippen LogP contribution in [0.15, 0.2) is 12.2 Å². The number of hydrogen-bond donors (Lipinski definition) is 0. The number of carbonyl (C=O) groups excluding carboxylic acids is 1. The molecule has 0 aromatic rings. The minimum atomic E-state index is 0.449. The third-order valence-corrected chi connectivity index (χ3v) is 3.72. The van der Waals surface area contributed by atoms with Gasteiger partial charge in [-0.1, -0.05) is 12.2 Å². The first-order valence-corrected chi connectivity index (χ1v) is 4.57. The molecule has 0 saturated heterocycles. The standard InChI is InChI=1S/C10H12O/c11-9-4-3-8-6-1-2-7(5-6)10(8)9/h1-2,6-8,10H,3-5H2/t6-,7-,8-,10+/m0/s1. The first-order valence-electron chi connectivity index (χ1n) is 4.57. The van der Waals surface area contributed by atoms with Crippen molar-refractivity contribution in [1.29, 1.82) is 0 Å². The van der Waals surface area contributed by atoms with Gasteiger partial charge in [0.2, 0.25) is 0 Å². The van der Waals surface area contributed by atoms with Crippen LogP contribution in [0.25, 0.3) is 0 Å². The number of Topliss-reactive ketones (excluding diaryl/α,β-unsaturated/α-hetero) is 1. The molecule has 0 aromatic carbocycles. The van der Waals surface area contributed by atoms with E-state index >= 15 is 0 Å². The number of allylic oxidation sites excluding steroid dienone is 2. The molecule has 0 aromatic heterocycles. The van der Waals surface area contributed by atoms with Crippen LogP contribution < -0.4 is 0 Å². The van der Waals surface area contributed by atoms with Crippen LogP contribution >= 0.6 is 0 Å². The number of hydrogen-bond acceptors (Lipinski definition) is 1. The SMILES string of the molecule is O=C1CC[C@@H]2[C@H]1[C@H]1C=C[C@H]2C1. The predicted octanol–water partition coefficient (Wildman–Crippen LogP) is 1.79. The van der Waals surface area contributed by atoms with Gasteiger partial charge >= 0.3 is 0 Å². The smallest absolute Gasteiger partial charge is 0.136 e. The van der Waals surface area contributed by atoms with Crippen molar-refractivity contribution in [1.82, 2.24) is 0 Å². The second kappa shape index (κ2) is 1.77. The van der Waals surface area contributed by atoms with E-state index in [9.17, 15) is 4.79 Å². The van der Waals surface area contributed by atoms with Gasteiger partial charge in [0.1, 0.15) is 5.78 Å². The fraction of sp³-hybridized carbons (Fsp3) is 0.700. The Morgan fingerprint density at radius 3 is 2.91 bits per heavy atom. The van der Waals surface area contributed by atoms with Crippen molar-refractivity contribution in [2.45, 2.75) is 19.3 Å². The van der Waals surface area contributed by atoms with Crippen LogP contribution in [0.5, 0.6) is 0 Å². The Hall–Kier alpha value is -0.590. The average molecular weight is 148 g/mol. The van der Waals surface area contributed by atoms with E-state index in [2.05, 4.69) is 12.2 Å². The molecule has 2 saturated carbocycles. The summed E-state index contributed by atoms with van der Waals surface area (Å²) in [5.41, 5.74) is 0. The van der Waals surface area contributed by atoms with E-state index in [1.165, 1.54) is 12.8 Å². The highest BCUT2D eigenvalue weighted by atomic mass is 16.1. The topological polar surface area (TPSA) is 17.1 Å². The van der Waals surface area contributed by atoms with Crippen molar-refractivity contribution < 1.29 is 4.79 Å². The molecular formula is C10H12O. The molecule has 2 fully saturated rings. The molecule has 0 aliphatic heterocycles. The lowest BCUT2D eigenvalue weighted by atomic mass is 9.86. The van der Waals surface area contributed by atoms with E-state index in [1.807, 2.05) is 0 Å². The summed E-state index contributed by atoms with van der Waals surface area (Å²) in [4.78, 5) is 11.4. The summed E-state index contributed by atoms with van der Waals surface area (Å²) in [7, 11) is 0. The average Bonchev–Trinajstić information content (AvgIpc) is 2.60. The van der Waals surface area contributed by atoms with Crippen LogP contribution in [0.3, 0.4) is 0 Å². The molecule has 1 heteroatoms. The second-order valence-electron chi connectivity index (χ2n) is 4.14. The van der Waals surface area contributed by atoms with Crippen LogP contribution in [0.2, 0.25) is 0 Å². The molecule has 4 atom stereocenters. The molecule has 0 radical (unpaired) electrons. The molecule has 3 aliphatic rings. The van der Waals surface area contributed by atoms with Gasteiger partial charge in [-0.05, 0) is 30.6 Å². The summed E-state index contributed by atoms with van der Waals surface area (Å²) < 4.78 is 0. The Labute approximate surface area is 66.5 Å². The van der Waals surface area contributed by atoms with Gasteiger partial charge in [-0.15, -0.1) is 0 Å². The maximum absolute atomic E-state index is 11.4. The van der Waals surface area contributed by atoms with Crippen LogP contribution in [0.1, 0.15) is 19.3 Å². The van der Waals surface area contributed by atoms with Gasteiger partial charge < -0.3 is 0 Å². The molecule has 3 aliphatic carbocycles. The zero-order valence-electron chi connectivity index (χ0n) is 6.49. The van der Waals surface area contributed by atoms with Crippen LogP contribution in [0.4, 0.5) is 0 Å². The minimum Gasteiger partial charge on any atom is -0.299 e. The molecule has 0 unspecified atom stereocenters. The molecule has 1 nitrogen and oxygen atoms in total.